The first-order valence-electron chi connectivity index (χ1n) is 6.67. The van der Waals surface area contributed by atoms with E-state index in [-0.39, 0.29) is 12.0 Å². The SMILES string of the molecule is CC[C@@H](OC)C(=O)NCCc1cc(OC)cc(OC)c1. The van der Waals surface area contributed by atoms with Crippen molar-refractivity contribution in [3.63, 3.8) is 0 Å². The summed E-state index contributed by atoms with van der Waals surface area (Å²) in [7, 11) is 4.77. The third-order valence-corrected chi connectivity index (χ3v) is 3.07. The van der Waals surface area contributed by atoms with Crippen LogP contribution in [0.1, 0.15) is 18.9 Å². The van der Waals surface area contributed by atoms with Crippen LogP contribution in [0.2, 0.25) is 0 Å². The van der Waals surface area contributed by atoms with Gasteiger partial charge in [-0.2, -0.15) is 0 Å². The highest BCUT2D eigenvalue weighted by molar-refractivity contribution is 5.80. The van der Waals surface area contributed by atoms with E-state index in [2.05, 4.69) is 5.32 Å². The van der Waals surface area contributed by atoms with Crippen LogP contribution < -0.4 is 14.8 Å². The van der Waals surface area contributed by atoms with E-state index in [1.54, 1.807) is 21.3 Å². The Morgan fingerprint density at radius 1 is 1.15 bits per heavy atom. The zero-order valence-corrected chi connectivity index (χ0v) is 12.6. The molecule has 5 nitrogen and oxygen atoms in total. The van der Waals surface area contributed by atoms with Crippen molar-refractivity contribution in [1.82, 2.24) is 5.32 Å². The molecule has 0 spiro atoms. The van der Waals surface area contributed by atoms with E-state index >= 15 is 0 Å². The Morgan fingerprint density at radius 3 is 2.20 bits per heavy atom. The first-order chi connectivity index (χ1) is 9.64. The van der Waals surface area contributed by atoms with Crippen LogP contribution in [0.3, 0.4) is 0 Å². The van der Waals surface area contributed by atoms with Gasteiger partial charge in [-0.25, -0.2) is 0 Å². The van der Waals surface area contributed by atoms with Crippen LogP contribution in [0.15, 0.2) is 18.2 Å². The zero-order valence-electron chi connectivity index (χ0n) is 12.6. The maximum absolute atomic E-state index is 11.8. The van der Waals surface area contributed by atoms with Crippen molar-refractivity contribution in [2.24, 2.45) is 0 Å². The van der Waals surface area contributed by atoms with Gasteiger partial charge in [0.2, 0.25) is 5.91 Å². The Morgan fingerprint density at radius 2 is 1.75 bits per heavy atom. The molecule has 1 aromatic rings. The molecule has 1 N–H and O–H groups in total. The van der Waals surface area contributed by atoms with Crippen molar-refractivity contribution in [3.05, 3.63) is 23.8 Å². The van der Waals surface area contributed by atoms with Crippen LogP contribution in [0, 0.1) is 0 Å². The number of hydrogen-bond acceptors (Lipinski definition) is 4. The molecular weight excluding hydrogens is 258 g/mol. The van der Waals surface area contributed by atoms with Gasteiger partial charge in [0.1, 0.15) is 17.6 Å². The fraction of sp³-hybridized carbons (Fsp3) is 0.533. The molecule has 0 aromatic heterocycles. The number of carbonyl (C=O) groups is 1. The lowest BCUT2D eigenvalue weighted by Gasteiger charge is -2.13. The normalized spacial score (nSPS) is 11.8. The molecule has 0 heterocycles. The van der Waals surface area contributed by atoms with E-state index in [9.17, 15) is 4.79 Å². The van der Waals surface area contributed by atoms with Crippen molar-refractivity contribution in [2.75, 3.05) is 27.9 Å². The molecule has 1 aromatic carbocycles. The molecule has 1 atom stereocenters. The van der Waals surface area contributed by atoms with Crippen molar-refractivity contribution in [1.29, 1.82) is 0 Å². The summed E-state index contributed by atoms with van der Waals surface area (Å²) >= 11 is 0. The predicted octanol–water partition coefficient (Wildman–Crippen LogP) is 1.79. The van der Waals surface area contributed by atoms with Crippen LogP contribution in [0.25, 0.3) is 0 Å². The Bertz CT molecular complexity index is 408. The smallest absolute Gasteiger partial charge is 0.249 e. The lowest BCUT2D eigenvalue weighted by Crippen LogP contribution is -2.36. The molecule has 0 unspecified atom stereocenters. The van der Waals surface area contributed by atoms with E-state index in [0.717, 1.165) is 17.1 Å². The second-order valence-electron chi connectivity index (χ2n) is 4.39. The summed E-state index contributed by atoms with van der Waals surface area (Å²) in [5.74, 6) is 1.41. The average molecular weight is 281 g/mol. The maximum atomic E-state index is 11.8. The van der Waals surface area contributed by atoms with Gasteiger partial charge in [0.05, 0.1) is 14.2 Å². The molecule has 0 aliphatic rings. The van der Waals surface area contributed by atoms with E-state index in [4.69, 9.17) is 14.2 Å². The van der Waals surface area contributed by atoms with Crippen LogP contribution in [0.5, 0.6) is 11.5 Å². The molecule has 0 saturated carbocycles. The Balaban J connectivity index is 2.55. The Hall–Kier alpha value is -1.75. The Kier molecular flexibility index (Phi) is 6.87. The standard InChI is InChI=1S/C15H23NO4/c1-5-14(20-4)15(17)16-7-6-11-8-12(18-2)10-13(9-11)19-3/h8-10,14H,5-7H2,1-4H3,(H,16,17)/t14-/m1/s1. The largest absolute Gasteiger partial charge is 0.497 e. The monoisotopic (exact) mass is 281 g/mol. The number of ether oxygens (including phenoxy) is 3. The topological polar surface area (TPSA) is 56.8 Å². The summed E-state index contributed by atoms with van der Waals surface area (Å²) in [6.07, 6.45) is 0.990. The Labute approximate surface area is 120 Å². The summed E-state index contributed by atoms with van der Waals surface area (Å²) in [6.45, 7) is 2.47. The van der Waals surface area contributed by atoms with Crippen molar-refractivity contribution in [2.45, 2.75) is 25.9 Å². The third-order valence-electron chi connectivity index (χ3n) is 3.07. The van der Waals surface area contributed by atoms with E-state index < -0.39 is 0 Å². The highest BCUT2D eigenvalue weighted by Gasteiger charge is 2.14. The number of benzene rings is 1. The molecule has 0 aliphatic carbocycles. The van der Waals surface area contributed by atoms with E-state index in [1.165, 1.54) is 0 Å². The number of methoxy groups -OCH3 is 3. The van der Waals surface area contributed by atoms with Crippen LogP contribution in [-0.4, -0.2) is 39.9 Å². The third kappa shape index (κ3) is 4.74. The molecular formula is C15H23NO4. The van der Waals surface area contributed by atoms with Gasteiger partial charge in [0, 0.05) is 19.7 Å². The minimum absolute atomic E-state index is 0.0788. The second-order valence-corrected chi connectivity index (χ2v) is 4.39. The number of hydrogen-bond donors (Lipinski definition) is 1. The first kappa shape index (κ1) is 16.3. The minimum atomic E-state index is -0.380. The number of amides is 1. The molecule has 1 amide bonds. The van der Waals surface area contributed by atoms with Gasteiger partial charge < -0.3 is 19.5 Å². The van der Waals surface area contributed by atoms with Gasteiger partial charge in [-0.1, -0.05) is 6.92 Å². The molecule has 5 heteroatoms. The van der Waals surface area contributed by atoms with Crippen molar-refractivity contribution in [3.8, 4) is 11.5 Å². The van der Waals surface area contributed by atoms with Crippen LogP contribution >= 0.6 is 0 Å². The van der Waals surface area contributed by atoms with Gasteiger partial charge in [0.25, 0.3) is 0 Å². The molecule has 0 aliphatic heterocycles. The van der Waals surface area contributed by atoms with E-state index in [1.807, 2.05) is 25.1 Å². The lowest BCUT2D eigenvalue weighted by atomic mass is 10.1. The number of nitrogens with one attached hydrogen (secondary N) is 1. The summed E-state index contributed by atoms with van der Waals surface area (Å²) in [6, 6.07) is 5.69. The van der Waals surface area contributed by atoms with Gasteiger partial charge >= 0.3 is 0 Å². The summed E-state index contributed by atoms with van der Waals surface area (Å²) in [5.41, 5.74) is 1.05. The minimum Gasteiger partial charge on any atom is -0.497 e. The first-order valence-corrected chi connectivity index (χ1v) is 6.67. The molecule has 0 saturated heterocycles. The summed E-state index contributed by atoms with van der Waals surface area (Å²) < 4.78 is 15.5. The predicted molar refractivity (Wildman–Crippen MR) is 77.3 cm³/mol. The van der Waals surface area contributed by atoms with Crippen LogP contribution in [-0.2, 0) is 16.0 Å². The molecule has 0 fully saturated rings. The highest BCUT2D eigenvalue weighted by atomic mass is 16.5. The molecule has 20 heavy (non-hydrogen) atoms. The van der Waals surface area contributed by atoms with Crippen molar-refractivity contribution >= 4 is 5.91 Å². The van der Waals surface area contributed by atoms with Gasteiger partial charge in [-0.05, 0) is 30.5 Å². The summed E-state index contributed by atoms with van der Waals surface area (Å²) in [5, 5.41) is 2.86. The summed E-state index contributed by atoms with van der Waals surface area (Å²) in [4.78, 5) is 11.8. The van der Waals surface area contributed by atoms with Gasteiger partial charge in [-0.3, -0.25) is 4.79 Å². The average Bonchev–Trinajstić information content (AvgIpc) is 2.48. The van der Waals surface area contributed by atoms with Gasteiger partial charge in [-0.15, -0.1) is 0 Å². The fourth-order valence-corrected chi connectivity index (χ4v) is 1.91. The van der Waals surface area contributed by atoms with Crippen LogP contribution in [0.4, 0.5) is 0 Å². The molecule has 0 radical (unpaired) electrons. The molecule has 0 bridgehead atoms. The molecule has 112 valence electrons. The highest BCUT2D eigenvalue weighted by Crippen LogP contribution is 2.22. The van der Waals surface area contributed by atoms with Crippen molar-refractivity contribution < 1.29 is 19.0 Å². The number of rotatable bonds is 8. The van der Waals surface area contributed by atoms with E-state index in [0.29, 0.717) is 19.4 Å². The quantitative estimate of drug-likeness (QED) is 0.789. The fourth-order valence-electron chi connectivity index (χ4n) is 1.91. The zero-order chi connectivity index (χ0) is 15.0. The number of carbonyl (C=O) groups excluding carboxylic acids is 1. The maximum Gasteiger partial charge on any atom is 0.249 e. The van der Waals surface area contributed by atoms with Gasteiger partial charge in [0.15, 0.2) is 0 Å². The molecule has 1 rings (SSSR count). The second kappa shape index (κ2) is 8.43. The lowest BCUT2D eigenvalue weighted by molar-refractivity contribution is -0.131.